The molecule has 1 heterocycles. The van der Waals surface area contributed by atoms with Gasteiger partial charge in [-0.05, 0) is 83.4 Å². The molecule has 1 aliphatic rings. The highest BCUT2D eigenvalue weighted by Gasteiger charge is 2.51. The van der Waals surface area contributed by atoms with E-state index in [-0.39, 0.29) is 18.3 Å². The number of benzene rings is 3. The normalized spacial score (nSPS) is 19.3. The minimum atomic E-state index is -0.322. The fraction of sp³-hybridized carbons (Fsp3) is 0.300. The van der Waals surface area contributed by atoms with Crippen LogP contribution in [0.25, 0.3) is 21.5 Å². The van der Waals surface area contributed by atoms with Gasteiger partial charge in [-0.2, -0.15) is 0 Å². The van der Waals surface area contributed by atoms with Gasteiger partial charge in [-0.1, -0.05) is 42.5 Å². The fourth-order valence-corrected chi connectivity index (χ4v) is 4.01. The maximum atomic E-state index is 6.21. The average Bonchev–Trinajstić information content (AvgIpc) is 2.75. The molecule has 24 heavy (non-hydrogen) atoms. The molecule has 2 nitrogen and oxygen atoms in total. The lowest BCUT2D eigenvalue weighted by atomic mass is 9.78. The van der Waals surface area contributed by atoms with Crippen molar-refractivity contribution >= 4 is 56.7 Å². The van der Waals surface area contributed by atoms with Gasteiger partial charge in [-0.15, -0.1) is 0 Å². The highest BCUT2D eigenvalue weighted by Crippen LogP contribution is 2.37. The van der Waals surface area contributed by atoms with Gasteiger partial charge in [0.15, 0.2) is 0 Å². The monoisotopic (exact) mass is 430 g/mol. The van der Waals surface area contributed by atoms with Crippen LogP contribution in [0.3, 0.4) is 0 Å². The molecule has 0 saturated carbocycles. The first-order valence-electron chi connectivity index (χ1n) is 8.25. The second kappa shape index (κ2) is 5.45. The summed E-state index contributed by atoms with van der Waals surface area (Å²) in [6.07, 6.45) is 0. The Morgan fingerprint density at radius 1 is 0.792 bits per heavy atom. The summed E-state index contributed by atoms with van der Waals surface area (Å²) in [4.78, 5) is 0. The maximum absolute atomic E-state index is 6.21. The third-order valence-electron chi connectivity index (χ3n) is 5.36. The molecule has 1 aliphatic heterocycles. The van der Waals surface area contributed by atoms with E-state index in [1.165, 1.54) is 25.1 Å². The summed E-state index contributed by atoms with van der Waals surface area (Å²) in [6.45, 7) is 8.36. The van der Waals surface area contributed by atoms with Gasteiger partial charge < -0.3 is 9.31 Å². The maximum Gasteiger partial charge on any atom is 0.494 e. The van der Waals surface area contributed by atoms with E-state index in [2.05, 4.69) is 98.8 Å². The van der Waals surface area contributed by atoms with Gasteiger partial charge in [0.2, 0.25) is 0 Å². The largest absolute Gasteiger partial charge is 0.494 e. The second-order valence-electron chi connectivity index (χ2n) is 7.47. The SMILES string of the molecule is CC1(C)OB(c2ccc3cc(I)c4ccccc4c3c2)OC1(C)C. The van der Waals surface area contributed by atoms with Gasteiger partial charge in [0.05, 0.1) is 11.2 Å². The fourth-order valence-electron chi connectivity index (χ4n) is 3.20. The van der Waals surface area contributed by atoms with Crippen LogP contribution >= 0.6 is 22.6 Å². The summed E-state index contributed by atoms with van der Waals surface area (Å²) in [5.74, 6) is 0. The zero-order valence-corrected chi connectivity index (χ0v) is 16.5. The van der Waals surface area contributed by atoms with E-state index in [0.717, 1.165) is 5.46 Å². The van der Waals surface area contributed by atoms with Crippen LogP contribution in [0.15, 0.2) is 48.5 Å². The van der Waals surface area contributed by atoms with Gasteiger partial charge in [0.1, 0.15) is 0 Å². The lowest BCUT2D eigenvalue weighted by molar-refractivity contribution is 0.00578. The molecule has 4 rings (SSSR count). The van der Waals surface area contributed by atoms with Crippen LogP contribution in [0.5, 0.6) is 0 Å². The van der Waals surface area contributed by atoms with Crippen LogP contribution in [0.4, 0.5) is 0 Å². The number of hydrogen-bond donors (Lipinski definition) is 0. The average molecular weight is 430 g/mol. The molecule has 0 spiro atoms. The predicted octanol–water partition coefficient (Wildman–Crippen LogP) is 4.90. The van der Waals surface area contributed by atoms with Crippen molar-refractivity contribution < 1.29 is 9.31 Å². The first-order chi connectivity index (χ1) is 11.3. The lowest BCUT2D eigenvalue weighted by Crippen LogP contribution is -2.41. The van der Waals surface area contributed by atoms with Crippen LogP contribution in [0.1, 0.15) is 27.7 Å². The molecule has 3 aromatic rings. The summed E-state index contributed by atoms with van der Waals surface area (Å²) < 4.78 is 13.7. The zero-order chi connectivity index (χ0) is 17.1. The third kappa shape index (κ3) is 2.47. The molecule has 0 amide bonds. The Morgan fingerprint density at radius 2 is 1.42 bits per heavy atom. The summed E-state index contributed by atoms with van der Waals surface area (Å²) in [7, 11) is -0.322. The van der Waals surface area contributed by atoms with Gasteiger partial charge in [0.25, 0.3) is 0 Å². The molecule has 0 aromatic heterocycles. The Morgan fingerprint density at radius 3 is 2.08 bits per heavy atom. The first kappa shape index (κ1) is 16.4. The number of halogens is 1. The Bertz CT molecular complexity index is 933. The minimum Gasteiger partial charge on any atom is -0.399 e. The van der Waals surface area contributed by atoms with Gasteiger partial charge >= 0.3 is 7.12 Å². The van der Waals surface area contributed by atoms with Crippen molar-refractivity contribution in [1.82, 2.24) is 0 Å². The van der Waals surface area contributed by atoms with Crippen molar-refractivity contribution in [2.24, 2.45) is 0 Å². The van der Waals surface area contributed by atoms with Gasteiger partial charge in [-0.25, -0.2) is 0 Å². The molecule has 0 aliphatic carbocycles. The van der Waals surface area contributed by atoms with Crippen LogP contribution in [0.2, 0.25) is 0 Å². The van der Waals surface area contributed by atoms with E-state index < -0.39 is 0 Å². The lowest BCUT2D eigenvalue weighted by Gasteiger charge is -2.32. The second-order valence-corrected chi connectivity index (χ2v) is 8.63. The van der Waals surface area contributed by atoms with E-state index in [1.54, 1.807) is 0 Å². The first-order valence-corrected chi connectivity index (χ1v) is 9.33. The molecular weight excluding hydrogens is 410 g/mol. The summed E-state index contributed by atoms with van der Waals surface area (Å²) in [6, 6.07) is 17.3. The summed E-state index contributed by atoms with van der Waals surface area (Å²) in [5.41, 5.74) is 0.439. The molecule has 0 N–H and O–H groups in total. The standard InChI is InChI=1S/C20H20BIO2/c1-19(2)20(3,4)24-21(23-19)14-10-9-13-11-18(22)16-8-6-5-7-15(16)17(13)12-14/h5-12H,1-4H3. The minimum absolute atomic E-state index is 0.319. The molecule has 0 atom stereocenters. The Kier molecular flexibility index (Phi) is 3.71. The summed E-state index contributed by atoms with van der Waals surface area (Å²) in [5, 5.41) is 5.06. The topological polar surface area (TPSA) is 18.5 Å². The highest BCUT2D eigenvalue weighted by molar-refractivity contribution is 14.1. The van der Waals surface area contributed by atoms with E-state index in [0.29, 0.717) is 0 Å². The smallest absolute Gasteiger partial charge is 0.399 e. The molecule has 1 fully saturated rings. The van der Waals surface area contributed by atoms with Gasteiger partial charge in [-0.3, -0.25) is 0 Å². The van der Waals surface area contributed by atoms with Crippen molar-refractivity contribution in [3.05, 3.63) is 52.1 Å². The Hall–Kier alpha value is -1.11. The van der Waals surface area contributed by atoms with Crippen LogP contribution < -0.4 is 5.46 Å². The summed E-state index contributed by atoms with van der Waals surface area (Å²) >= 11 is 2.41. The number of hydrogen-bond acceptors (Lipinski definition) is 2. The Labute approximate surface area is 156 Å². The van der Waals surface area contributed by atoms with Crippen molar-refractivity contribution in [2.75, 3.05) is 0 Å². The van der Waals surface area contributed by atoms with E-state index in [9.17, 15) is 0 Å². The molecule has 3 aromatic carbocycles. The van der Waals surface area contributed by atoms with Crippen LogP contribution in [-0.4, -0.2) is 18.3 Å². The predicted molar refractivity (Wildman–Crippen MR) is 110 cm³/mol. The van der Waals surface area contributed by atoms with Crippen LogP contribution in [-0.2, 0) is 9.31 Å². The molecule has 0 radical (unpaired) electrons. The van der Waals surface area contributed by atoms with E-state index in [4.69, 9.17) is 9.31 Å². The Balaban J connectivity index is 1.88. The number of fused-ring (bicyclic) bond motifs is 3. The number of rotatable bonds is 1. The molecule has 122 valence electrons. The molecular formula is C20H20BIO2. The molecule has 1 saturated heterocycles. The van der Waals surface area contributed by atoms with E-state index in [1.807, 2.05) is 0 Å². The van der Waals surface area contributed by atoms with Crippen molar-refractivity contribution in [3.8, 4) is 0 Å². The van der Waals surface area contributed by atoms with Gasteiger partial charge in [0, 0.05) is 3.57 Å². The molecule has 0 bridgehead atoms. The quantitative estimate of drug-likeness (QED) is 0.311. The third-order valence-corrected chi connectivity index (χ3v) is 6.25. The van der Waals surface area contributed by atoms with Crippen molar-refractivity contribution in [2.45, 2.75) is 38.9 Å². The highest BCUT2D eigenvalue weighted by atomic mass is 127. The van der Waals surface area contributed by atoms with Crippen molar-refractivity contribution in [1.29, 1.82) is 0 Å². The van der Waals surface area contributed by atoms with Crippen LogP contribution in [0, 0.1) is 3.57 Å². The molecule has 4 heteroatoms. The zero-order valence-electron chi connectivity index (χ0n) is 14.4. The van der Waals surface area contributed by atoms with Crippen molar-refractivity contribution in [3.63, 3.8) is 0 Å². The van der Waals surface area contributed by atoms with E-state index >= 15 is 0 Å². The molecule has 0 unspecified atom stereocenters.